The van der Waals surface area contributed by atoms with Crippen LogP contribution >= 0.6 is 0 Å². The molecule has 0 unspecified atom stereocenters. The molecule has 0 amide bonds. The Morgan fingerprint density at radius 1 is 1.21 bits per heavy atom. The predicted octanol–water partition coefficient (Wildman–Crippen LogP) is 3.16. The second-order valence-electron chi connectivity index (χ2n) is 4.41. The van der Waals surface area contributed by atoms with Crippen molar-refractivity contribution in [1.82, 2.24) is 9.55 Å². The van der Waals surface area contributed by atoms with Crippen molar-refractivity contribution in [1.29, 1.82) is 0 Å². The first-order valence-corrected chi connectivity index (χ1v) is 6.17. The number of halogens is 1. The molecule has 0 saturated heterocycles. The minimum Gasteiger partial charge on any atom is -0.357 e. The molecule has 0 aliphatic carbocycles. The molecule has 0 aliphatic rings. The van der Waals surface area contributed by atoms with E-state index in [2.05, 4.69) is 4.98 Å². The number of nitrogens with zero attached hydrogens (tertiary/aromatic N) is 1. The lowest BCUT2D eigenvalue weighted by atomic mass is 10.0. The van der Waals surface area contributed by atoms with Crippen molar-refractivity contribution in [2.24, 2.45) is 0 Å². The van der Waals surface area contributed by atoms with Crippen LogP contribution in [0.1, 0.15) is 6.92 Å². The molecule has 0 spiro atoms. The van der Waals surface area contributed by atoms with Crippen LogP contribution < -0.4 is 5.56 Å². The van der Waals surface area contributed by atoms with Gasteiger partial charge in [-0.2, -0.15) is 0 Å². The molecule has 96 valence electrons. The maximum absolute atomic E-state index is 13.0. The number of benzene rings is 1. The van der Waals surface area contributed by atoms with Crippen molar-refractivity contribution in [3.8, 4) is 11.1 Å². The van der Waals surface area contributed by atoms with Gasteiger partial charge in [-0.05, 0) is 30.7 Å². The number of hydrogen-bond acceptors (Lipinski definition) is 1. The number of fused-ring (bicyclic) bond motifs is 1. The molecule has 3 nitrogen and oxygen atoms in total. The van der Waals surface area contributed by atoms with Gasteiger partial charge in [-0.3, -0.25) is 4.79 Å². The van der Waals surface area contributed by atoms with Crippen LogP contribution in [0.2, 0.25) is 0 Å². The Morgan fingerprint density at radius 3 is 2.63 bits per heavy atom. The van der Waals surface area contributed by atoms with Gasteiger partial charge in [-0.25, -0.2) is 4.39 Å². The molecule has 0 radical (unpaired) electrons. The molecule has 2 aromatic heterocycles. The van der Waals surface area contributed by atoms with Crippen LogP contribution in [0.3, 0.4) is 0 Å². The quantitative estimate of drug-likeness (QED) is 0.751. The first-order valence-electron chi connectivity index (χ1n) is 6.17. The Balaban J connectivity index is 2.34. The Bertz CT molecular complexity index is 784. The highest BCUT2D eigenvalue weighted by atomic mass is 19.1. The zero-order valence-electron chi connectivity index (χ0n) is 10.5. The number of aryl methyl sites for hydroxylation is 1. The smallest absolute Gasteiger partial charge is 0.274 e. The number of pyridine rings is 1. The highest BCUT2D eigenvalue weighted by Crippen LogP contribution is 2.26. The molecular formula is C15H13FN2O. The van der Waals surface area contributed by atoms with Gasteiger partial charge in [0.05, 0.1) is 0 Å². The summed E-state index contributed by atoms with van der Waals surface area (Å²) in [5, 5.41) is 0.862. The molecule has 0 fully saturated rings. The summed E-state index contributed by atoms with van der Waals surface area (Å²) in [6, 6.07) is 8.17. The summed E-state index contributed by atoms with van der Waals surface area (Å²) in [6.07, 6.45) is 3.57. The minimum atomic E-state index is -0.266. The number of aromatic nitrogens is 2. The fraction of sp³-hybridized carbons (Fsp3) is 0.133. The molecule has 0 aliphatic heterocycles. The van der Waals surface area contributed by atoms with Gasteiger partial charge in [0.25, 0.3) is 5.56 Å². The molecular weight excluding hydrogens is 243 g/mol. The van der Waals surface area contributed by atoms with E-state index in [1.165, 1.54) is 12.1 Å². The van der Waals surface area contributed by atoms with Crippen LogP contribution in [-0.2, 0) is 6.54 Å². The molecule has 3 rings (SSSR count). The first-order chi connectivity index (χ1) is 9.20. The van der Waals surface area contributed by atoms with Crippen LogP contribution in [-0.4, -0.2) is 9.55 Å². The lowest BCUT2D eigenvalue weighted by molar-refractivity contribution is 0.628. The van der Waals surface area contributed by atoms with Crippen molar-refractivity contribution >= 4 is 10.9 Å². The Kier molecular flexibility index (Phi) is 2.71. The van der Waals surface area contributed by atoms with Crippen LogP contribution in [0.15, 0.2) is 47.5 Å². The second-order valence-corrected chi connectivity index (χ2v) is 4.41. The second kappa shape index (κ2) is 4.39. The summed E-state index contributed by atoms with van der Waals surface area (Å²) in [4.78, 5) is 15.1. The maximum atomic E-state index is 13.0. The van der Waals surface area contributed by atoms with Gasteiger partial charge < -0.3 is 9.55 Å². The highest BCUT2D eigenvalue weighted by molar-refractivity contribution is 5.94. The lowest BCUT2D eigenvalue weighted by Gasteiger charge is -2.08. The number of hydrogen-bond donors (Lipinski definition) is 1. The third-order valence-corrected chi connectivity index (χ3v) is 3.29. The van der Waals surface area contributed by atoms with Gasteiger partial charge in [0.15, 0.2) is 0 Å². The van der Waals surface area contributed by atoms with E-state index in [1.807, 2.05) is 19.2 Å². The van der Waals surface area contributed by atoms with E-state index in [0.29, 0.717) is 12.1 Å². The van der Waals surface area contributed by atoms with Gasteiger partial charge >= 0.3 is 0 Å². The van der Waals surface area contributed by atoms with Crippen LogP contribution in [0.4, 0.5) is 4.39 Å². The zero-order valence-corrected chi connectivity index (χ0v) is 10.5. The van der Waals surface area contributed by atoms with Crippen molar-refractivity contribution in [3.05, 3.63) is 58.9 Å². The molecule has 3 aromatic rings. The van der Waals surface area contributed by atoms with E-state index in [0.717, 1.165) is 16.5 Å². The van der Waals surface area contributed by atoms with Crippen molar-refractivity contribution in [2.45, 2.75) is 13.5 Å². The summed E-state index contributed by atoms with van der Waals surface area (Å²) in [5.74, 6) is -0.266. The molecule has 1 N–H and O–H groups in total. The molecule has 0 bridgehead atoms. The van der Waals surface area contributed by atoms with Crippen molar-refractivity contribution in [2.75, 3.05) is 0 Å². The van der Waals surface area contributed by atoms with E-state index < -0.39 is 0 Å². The number of aromatic amines is 1. The highest BCUT2D eigenvalue weighted by Gasteiger charge is 2.10. The molecule has 0 atom stereocenters. The Morgan fingerprint density at radius 2 is 1.95 bits per heavy atom. The first kappa shape index (κ1) is 11.7. The van der Waals surface area contributed by atoms with Gasteiger partial charge in [-0.15, -0.1) is 0 Å². The van der Waals surface area contributed by atoms with E-state index in [4.69, 9.17) is 0 Å². The van der Waals surface area contributed by atoms with Crippen LogP contribution in [0, 0.1) is 5.82 Å². The van der Waals surface area contributed by atoms with Crippen molar-refractivity contribution in [3.63, 3.8) is 0 Å². The van der Waals surface area contributed by atoms with Gasteiger partial charge in [-0.1, -0.05) is 12.1 Å². The molecule has 2 heterocycles. The molecule has 1 aromatic carbocycles. The molecule has 19 heavy (non-hydrogen) atoms. The number of rotatable bonds is 2. The zero-order chi connectivity index (χ0) is 13.4. The van der Waals surface area contributed by atoms with Gasteiger partial charge in [0.2, 0.25) is 0 Å². The number of H-pyrrole nitrogens is 1. The van der Waals surface area contributed by atoms with Gasteiger partial charge in [0, 0.05) is 29.9 Å². The average Bonchev–Trinajstić information content (AvgIpc) is 2.90. The van der Waals surface area contributed by atoms with E-state index >= 15 is 0 Å². The predicted molar refractivity (Wildman–Crippen MR) is 73.6 cm³/mol. The standard InChI is InChI=1S/C15H13FN2O/c1-2-18-9-13(10-3-5-11(16)6-4-10)12-7-8-17-14(12)15(18)19/h3-9,17H,2H2,1H3. The molecule has 4 heteroatoms. The maximum Gasteiger partial charge on any atom is 0.274 e. The topological polar surface area (TPSA) is 37.8 Å². The summed E-state index contributed by atoms with van der Waals surface area (Å²) in [5.41, 5.74) is 2.38. The lowest BCUT2D eigenvalue weighted by Crippen LogP contribution is -2.19. The van der Waals surface area contributed by atoms with E-state index in [9.17, 15) is 9.18 Å². The monoisotopic (exact) mass is 256 g/mol. The normalized spacial score (nSPS) is 11.1. The van der Waals surface area contributed by atoms with E-state index in [1.54, 1.807) is 22.9 Å². The van der Waals surface area contributed by atoms with Crippen LogP contribution in [0.5, 0.6) is 0 Å². The summed E-state index contributed by atoms with van der Waals surface area (Å²) >= 11 is 0. The fourth-order valence-corrected chi connectivity index (χ4v) is 2.29. The van der Waals surface area contributed by atoms with E-state index in [-0.39, 0.29) is 11.4 Å². The summed E-state index contributed by atoms with van der Waals surface area (Å²) in [6.45, 7) is 2.52. The molecule has 0 saturated carbocycles. The SMILES string of the molecule is CCn1cc(-c2ccc(F)cc2)c2cc[nH]c2c1=O. The third kappa shape index (κ3) is 1.85. The minimum absolute atomic E-state index is 0.0339. The average molecular weight is 256 g/mol. The summed E-state index contributed by atoms with van der Waals surface area (Å²) < 4.78 is 14.7. The summed E-state index contributed by atoms with van der Waals surface area (Å²) in [7, 11) is 0. The Labute approximate surface area is 109 Å². The third-order valence-electron chi connectivity index (χ3n) is 3.29. The number of nitrogens with one attached hydrogen (secondary N) is 1. The Hall–Kier alpha value is -2.36. The fourth-order valence-electron chi connectivity index (χ4n) is 2.29. The largest absolute Gasteiger partial charge is 0.357 e. The van der Waals surface area contributed by atoms with Crippen LogP contribution in [0.25, 0.3) is 22.0 Å². The van der Waals surface area contributed by atoms with Crippen molar-refractivity contribution < 1.29 is 4.39 Å². The van der Waals surface area contributed by atoms with Gasteiger partial charge in [0.1, 0.15) is 11.3 Å².